The Kier molecular flexibility index (Phi) is 5.16. The van der Waals surface area contributed by atoms with E-state index in [1.165, 1.54) is 0 Å². The summed E-state index contributed by atoms with van der Waals surface area (Å²) in [7, 11) is 5.21. The zero-order valence-corrected chi connectivity index (χ0v) is 11.7. The molecule has 1 aromatic carbocycles. The minimum Gasteiger partial charge on any atom is -0.496 e. The van der Waals surface area contributed by atoms with Gasteiger partial charge in [0.2, 0.25) is 0 Å². The molecule has 0 heterocycles. The van der Waals surface area contributed by atoms with Gasteiger partial charge in [-0.25, -0.2) is 0 Å². The van der Waals surface area contributed by atoms with Crippen molar-refractivity contribution in [3.8, 4) is 11.5 Å². The molecular weight excluding hydrogens is 230 g/mol. The van der Waals surface area contributed by atoms with E-state index in [2.05, 4.69) is 0 Å². The number of hydrogen-bond acceptors (Lipinski definition) is 4. The maximum Gasteiger partial charge on any atom is 0.143 e. The molecule has 4 nitrogen and oxygen atoms in total. The van der Waals surface area contributed by atoms with Gasteiger partial charge in [-0.05, 0) is 38.6 Å². The molecule has 0 atom stereocenters. The molecule has 0 unspecified atom stereocenters. The van der Waals surface area contributed by atoms with E-state index < -0.39 is 0 Å². The molecule has 0 radical (unpaired) electrons. The van der Waals surface area contributed by atoms with Gasteiger partial charge in [-0.2, -0.15) is 0 Å². The summed E-state index contributed by atoms with van der Waals surface area (Å²) in [5.41, 5.74) is 2.05. The number of carbonyl (C=O) groups is 1. The number of ether oxygens (including phenoxy) is 2. The Bertz CT molecular complexity index is 429. The highest BCUT2D eigenvalue weighted by Crippen LogP contribution is 2.28. The number of carbonyl (C=O) groups excluding carboxylic acids is 1. The van der Waals surface area contributed by atoms with Gasteiger partial charge in [0.05, 0.1) is 20.8 Å². The number of benzene rings is 1. The van der Waals surface area contributed by atoms with Crippen LogP contribution in [0.4, 0.5) is 0 Å². The zero-order chi connectivity index (χ0) is 13.7. The van der Waals surface area contributed by atoms with Gasteiger partial charge in [-0.1, -0.05) is 0 Å². The summed E-state index contributed by atoms with van der Waals surface area (Å²) < 4.78 is 10.7. The first-order chi connectivity index (χ1) is 8.47. The largest absolute Gasteiger partial charge is 0.496 e. The van der Waals surface area contributed by atoms with E-state index >= 15 is 0 Å². The van der Waals surface area contributed by atoms with Gasteiger partial charge in [0, 0.05) is 12.1 Å². The average Bonchev–Trinajstić information content (AvgIpc) is 2.29. The van der Waals surface area contributed by atoms with Crippen LogP contribution in [0.5, 0.6) is 11.5 Å². The SMILES string of the molecule is COc1cc(CN(C)CC(C)=O)c(OC)cc1C. The number of rotatable bonds is 6. The molecule has 0 saturated carbocycles. The van der Waals surface area contributed by atoms with Crippen molar-refractivity contribution in [3.05, 3.63) is 23.3 Å². The van der Waals surface area contributed by atoms with Gasteiger partial charge in [-0.3, -0.25) is 9.69 Å². The molecule has 18 heavy (non-hydrogen) atoms. The van der Waals surface area contributed by atoms with Crippen molar-refractivity contribution in [3.63, 3.8) is 0 Å². The minimum atomic E-state index is 0.149. The Morgan fingerprint density at radius 2 is 1.83 bits per heavy atom. The number of nitrogens with zero attached hydrogens (tertiary/aromatic N) is 1. The van der Waals surface area contributed by atoms with Crippen LogP contribution in [0.1, 0.15) is 18.1 Å². The van der Waals surface area contributed by atoms with Crippen molar-refractivity contribution in [1.82, 2.24) is 4.90 Å². The second-order valence-electron chi connectivity index (χ2n) is 4.51. The van der Waals surface area contributed by atoms with Gasteiger partial charge in [0.1, 0.15) is 17.3 Å². The van der Waals surface area contributed by atoms with Crippen LogP contribution >= 0.6 is 0 Å². The first kappa shape index (κ1) is 14.5. The summed E-state index contributed by atoms with van der Waals surface area (Å²) in [5, 5.41) is 0. The number of likely N-dealkylation sites (N-methyl/N-ethyl adjacent to an activating group) is 1. The van der Waals surface area contributed by atoms with E-state index in [9.17, 15) is 4.79 Å². The molecule has 0 N–H and O–H groups in total. The van der Waals surface area contributed by atoms with Crippen molar-refractivity contribution in [1.29, 1.82) is 0 Å². The zero-order valence-electron chi connectivity index (χ0n) is 11.7. The van der Waals surface area contributed by atoms with Crippen LogP contribution in [-0.4, -0.2) is 38.5 Å². The Balaban J connectivity index is 2.95. The highest BCUT2D eigenvalue weighted by atomic mass is 16.5. The monoisotopic (exact) mass is 251 g/mol. The van der Waals surface area contributed by atoms with E-state index in [4.69, 9.17) is 9.47 Å². The fourth-order valence-electron chi connectivity index (χ4n) is 1.96. The number of hydrogen-bond donors (Lipinski definition) is 0. The molecule has 0 aromatic heterocycles. The minimum absolute atomic E-state index is 0.149. The van der Waals surface area contributed by atoms with Gasteiger partial charge < -0.3 is 9.47 Å². The van der Waals surface area contributed by atoms with E-state index in [0.29, 0.717) is 13.1 Å². The predicted molar refractivity (Wildman–Crippen MR) is 71.3 cm³/mol. The Morgan fingerprint density at radius 1 is 1.22 bits per heavy atom. The lowest BCUT2D eigenvalue weighted by atomic mass is 10.1. The molecule has 0 bridgehead atoms. The van der Waals surface area contributed by atoms with Crippen molar-refractivity contribution < 1.29 is 14.3 Å². The molecule has 100 valence electrons. The molecule has 0 aliphatic rings. The first-order valence-electron chi connectivity index (χ1n) is 5.87. The highest BCUT2D eigenvalue weighted by Gasteiger charge is 2.11. The lowest BCUT2D eigenvalue weighted by Crippen LogP contribution is -2.24. The molecule has 0 fully saturated rings. The third-order valence-corrected chi connectivity index (χ3v) is 2.73. The number of methoxy groups -OCH3 is 2. The Morgan fingerprint density at radius 3 is 2.33 bits per heavy atom. The summed E-state index contributed by atoms with van der Waals surface area (Å²) >= 11 is 0. The van der Waals surface area contributed by atoms with Crippen molar-refractivity contribution in [2.75, 3.05) is 27.8 Å². The van der Waals surface area contributed by atoms with Gasteiger partial charge in [0.25, 0.3) is 0 Å². The van der Waals surface area contributed by atoms with Crippen LogP contribution in [0.2, 0.25) is 0 Å². The van der Waals surface area contributed by atoms with Gasteiger partial charge in [-0.15, -0.1) is 0 Å². The predicted octanol–water partition coefficient (Wildman–Crippen LogP) is 2.03. The molecular formula is C14H21NO3. The van der Waals surface area contributed by atoms with Crippen molar-refractivity contribution >= 4 is 5.78 Å². The Labute approximate surface area is 108 Å². The lowest BCUT2D eigenvalue weighted by Gasteiger charge is -2.18. The third kappa shape index (κ3) is 3.74. The van der Waals surface area contributed by atoms with Gasteiger partial charge in [0.15, 0.2) is 0 Å². The molecule has 0 aliphatic carbocycles. The average molecular weight is 251 g/mol. The Hall–Kier alpha value is -1.55. The van der Waals surface area contributed by atoms with Gasteiger partial charge >= 0.3 is 0 Å². The summed E-state index contributed by atoms with van der Waals surface area (Å²) in [6.45, 7) is 4.65. The highest BCUT2D eigenvalue weighted by molar-refractivity contribution is 5.77. The summed E-state index contributed by atoms with van der Waals surface area (Å²) in [6.07, 6.45) is 0. The smallest absolute Gasteiger partial charge is 0.143 e. The number of ketones is 1. The molecule has 0 saturated heterocycles. The third-order valence-electron chi connectivity index (χ3n) is 2.73. The topological polar surface area (TPSA) is 38.8 Å². The van der Waals surface area contributed by atoms with Crippen LogP contribution in [0.15, 0.2) is 12.1 Å². The normalized spacial score (nSPS) is 10.6. The van der Waals surface area contributed by atoms with Crippen molar-refractivity contribution in [2.24, 2.45) is 0 Å². The number of aryl methyl sites for hydroxylation is 1. The molecule has 1 aromatic rings. The van der Waals surface area contributed by atoms with Crippen LogP contribution in [-0.2, 0) is 11.3 Å². The van der Waals surface area contributed by atoms with E-state index in [1.807, 2.05) is 31.0 Å². The molecule has 4 heteroatoms. The van der Waals surface area contributed by atoms with Crippen molar-refractivity contribution in [2.45, 2.75) is 20.4 Å². The van der Waals surface area contributed by atoms with Crippen LogP contribution in [0, 0.1) is 6.92 Å². The second-order valence-corrected chi connectivity index (χ2v) is 4.51. The maximum absolute atomic E-state index is 11.1. The molecule has 0 amide bonds. The lowest BCUT2D eigenvalue weighted by molar-refractivity contribution is -0.117. The van der Waals surface area contributed by atoms with Crippen LogP contribution < -0.4 is 9.47 Å². The summed E-state index contributed by atoms with van der Waals surface area (Å²) in [4.78, 5) is 13.0. The second kappa shape index (κ2) is 6.40. The standard InChI is InChI=1S/C14H21NO3/c1-10-6-14(18-5)12(7-13(10)17-4)9-15(3)8-11(2)16/h6-7H,8-9H2,1-5H3. The fourth-order valence-corrected chi connectivity index (χ4v) is 1.96. The van der Waals surface area contributed by atoms with E-state index in [1.54, 1.807) is 21.1 Å². The van der Waals surface area contributed by atoms with E-state index in [0.717, 1.165) is 22.6 Å². The molecule has 0 spiro atoms. The molecule has 1 rings (SSSR count). The van der Waals surface area contributed by atoms with Crippen LogP contribution in [0.3, 0.4) is 0 Å². The number of Topliss-reactive ketones (excluding diaryl/α,β-unsaturated/α-hetero) is 1. The summed E-state index contributed by atoms with van der Waals surface area (Å²) in [6, 6.07) is 3.92. The fraction of sp³-hybridized carbons (Fsp3) is 0.500. The summed E-state index contributed by atoms with van der Waals surface area (Å²) in [5.74, 6) is 1.81. The first-order valence-corrected chi connectivity index (χ1v) is 5.87. The van der Waals surface area contributed by atoms with E-state index in [-0.39, 0.29) is 5.78 Å². The van der Waals surface area contributed by atoms with Crippen LogP contribution in [0.25, 0.3) is 0 Å². The maximum atomic E-state index is 11.1. The molecule has 0 aliphatic heterocycles. The quantitative estimate of drug-likeness (QED) is 0.775.